The van der Waals surface area contributed by atoms with E-state index >= 15 is 0 Å². The third kappa shape index (κ3) is 5.27. The summed E-state index contributed by atoms with van der Waals surface area (Å²) in [7, 11) is -1.78. The molecule has 1 aromatic carbocycles. The van der Waals surface area contributed by atoms with Gasteiger partial charge in [-0.1, -0.05) is 30.3 Å². The number of piperidine rings is 1. The van der Waals surface area contributed by atoms with Gasteiger partial charge < -0.3 is 4.74 Å². The first-order chi connectivity index (χ1) is 12.6. The van der Waals surface area contributed by atoms with Crippen LogP contribution in [0.15, 0.2) is 30.3 Å². The molecular weight excluding hydrogens is 350 g/mol. The van der Waals surface area contributed by atoms with E-state index < -0.39 is 10.2 Å². The number of ether oxygens (including phenoxy) is 1. The number of nitrogens with one attached hydrogen (secondary N) is 1. The van der Waals surface area contributed by atoms with E-state index in [0.717, 1.165) is 45.3 Å². The summed E-state index contributed by atoms with van der Waals surface area (Å²) in [5, 5.41) is 0. The molecule has 0 bridgehead atoms. The van der Waals surface area contributed by atoms with Crippen LogP contribution in [0.1, 0.15) is 31.2 Å². The van der Waals surface area contributed by atoms with Crippen molar-refractivity contribution >= 4 is 10.2 Å². The van der Waals surface area contributed by atoms with Crippen LogP contribution in [0.3, 0.4) is 0 Å². The maximum absolute atomic E-state index is 12.6. The number of hydrogen-bond donors (Lipinski definition) is 1. The molecule has 3 rings (SSSR count). The molecule has 0 amide bonds. The number of hydrogen-bond acceptors (Lipinski definition) is 4. The molecule has 2 heterocycles. The summed E-state index contributed by atoms with van der Waals surface area (Å²) in [6, 6.07) is 10.5. The summed E-state index contributed by atoms with van der Waals surface area (Å²) in [6.07, 6.45) is 3.87. The minimum absolute atomic E-state index is 0.0229. The Morgan fingerprint density at radius 1 is 1.12 bits per heavy atom. The Morgan fingerprint density at radius 2 is 1.85 bits per heavy atom. The van der Waals surface area contributed by atoms with Crippen molar-refractivity contribution in [2.24, 2.45) is 5.92 Å². The third-order valence-electron chi connectivity index (χ3n) is 5.50. The lowest BCUT2D eigenvalue weighted by Gasteiger charge is -2.32. The van der Waals surface area contributed by atoms with Crippen LogP contribution in [-0.2, 0) is 21.5 Å². The summed E-state index contributed by atoms with van der Waals surface area (Å²) >= 11 is 0. The highest BCUT2D eigenvalue weighted by Crippen LogP contribution is 2.22. The Labute approximate surface area is 157 Å². The highest BCUT2D eigenvalue weighted by molar-refractivity contribution is 7.87. The van der Waals surface area contributed by atoms with Crippen LogP contribution in [0.4, 0.5) is 0 Å². The van der Waals surface area contributed by atoms with Crippen LogP contribution < -0.4 is 4.72 Å². The molecule has 2 aliphatic heterocycles. The van der Waals surface area contributed by atoms with Crippen molar-refractivity contribution < 1.29 is 13.2 Å². The zero-order valence-electron chi connectivity index (χ0n) is 15.6. The molecule has 1 N–H and O–H groups in total. The fourth-order valence-electron chi connectivity index (χ4n) is 3.98. The summed E-state index contributed by atoms with van der Waals surface area (Å²) in [4.78, 5) is 2.45. The molecule has 0 aromatic heterocycles. The molecule has 2 fully saturated rings. The molecule has 7 heteroatoms. The predicted octanol–water partition coefficient (Wildman–Crippen LogP) is 1.84. The number of methoxy groups -OCH3 is 1. The second kappa shape index (κ2) is 9.28. The molecule has 1 atom stereocenters. The largest absolute Gasteiger partial charge is 0.383 e. The monoisotopic (exact) mass is 381 g/mol. The van der Waals surface area contributed by atoms with Gasteiger partial charge in [0.25, 0.3) is 10.2 Å². The average Bonchev–Trinajstić information content (AvgIpc) is 3.12. The van der Waals surface area contributed by atoms with Gasteiger partial charge in [-0.3, -0.25) is 4.90 Å². The van der Waals surface area contributed by atoms with Crippen LogP contribution in [0.2, 0.25) is 0 Å². The molecule has 0 saturated carbocycles. The van der Waals surface area contributed by atoms with E-state index in [9.17, 15) is 8.42 Å². The maximum Gasteiger partial charge on any atom is 0.279 e. The minimum Gasteiger partial charge on any atom is -0.383 e. The molecule has 2 aliphatic rings. The smallest absolute Gasteiger partial charge is 0.279 e. The highest BCUT2D eigenvalue weighted by atomic mass is 32.2. The van der Waals surface area contributed by atoms with Crippen molar-refractivity contribution in [2.75, 3.05) is 39.9 Å². The topological polar surface area (TPSA) is 61.9 Å². The fraction of sp³-hybridized carbons (Fsp3) is 0.684. The number of likely N-dealkylation sites (tertiary alicyclic amines) is 1. The van der Waals surface area contributed by atoms with Crippen LogP contribution in [0.5, 0.6) is 0 Å². The lowest BCUT2D eigenvalue weighted by Crippen LogP contribution is -2.47. The van der Waals surface area contributed by atoms with E-state index in [1.807, 2.05) is 6.07 Å². The quantitative estimate of drug-likeness (QED) is 0.746. The summed E-state index contributed by atoms with van der Waals surface area (Å²) in [5.74, 6) is 0.417. The average molecular weight is 382 g/mol. The number of rotatable bonds is 8. The van der Waals surface area contributed by atoms with Gasteiger partial charge in [0, 0.05) is 32.8 Å². The maximum atomic E-state index is 12.6. The van der Waals surface area contributed by atoms with Gasteiger partial charge in [-0.25, -0.2) is 4.72 Å². The Bertz CT molecular complexity index is 645. The van der Waals surface area contributed by atoms with Gasteiger partial charge in [-0.15, -0.1) is 0 Å². The van der Waals surface area contributed by atoms with Crippen LogP contribution in [-0.4, -0.2) is 63.6 Å². The van der Waals surface area contributed by atoms with Gasteiger partial charge in [0.15, 0.2) is 0 Å². The van der Waals surface area contributed by atoms with Gasteiger partial charge in [-0.05, 0) is 50.3 Å². The summed E-state index contributed by atoms with van der Waals surface area (Å²) < 4.78 is 34.8. The van der Waals surface area contributed by atoms with Crippen molar-refractivity contribution in [3.8, 4) is 0 Å². The lowest BCUT2D eigenvalue weighted by molar-refractivity contribution is 0.148. The molecule has 0 unspecified atom stereocenters. The molecule has 6 nitrogen and oxygen atoms in total. The first kappa shape index (κ1) is 19.8. The normalized spacial score (nSPS) is 23.5. The van der Waals surface area contributed by atoms with Crippen molar-refractivity contribution in [1.82, 2.24) is 13.9 Å². The number of benzene rings is 1. The van der Waals surface area contributed by atoms with Gasteiger partial charge in [0.2, 0.25) is 0 Å². The molecule has 1 aromatic rings. The molecule has 146 valence electrons. The predicted molar refractivity (Wildman–Crippen MR) is 103 cm³/mol. The van der Waals surface area contributed by atoms with Gasteiger partial charge in [-0.2, -0.15) is 12.7 Å². The molecule has 2 saturated heterocycles. The SMILES string of the molecule is COC[C@@H]1CCCN1S(=O)(=O)NCC1CCN(Cc2ccccc2)CC1. The zero-order valence-corrected chi connectivity index (χ0v) is 16.5. The lowest BCUT2D eigenvalue weighted by atomic mass is 9.97. The van der Waals surface area contributed by atoms with Crippen molar-refractivity contribution in [3.63, 3.8) is 0 Å². The van der Waals surface area contributed by atoms with Crippen molar-refractivity contribution in [3.05, 3.63) is 35.9 Å². The molecule has 0 spiro atoms. The van der Waals surface area contributed by atoms with E-state index in [1.54, 1.807) is 11.4 Å². The van der Waals surface area contributed by atoms with Crippen LogP contribution >= 0.6 is 0 Å². The summed E-state index contributed by atoms with van der Waals surface area (Å²) in [5.41, 5.74) is 1.34. The second-order valence-corrected chi connectivity index (χ2v) is 9.13. The second-order valence-electron chi connectivity index (χ2n) is 7.42. The Hall–Kier alpha value is -0.990. The Kier molecular flexibility index (Phi) is 7.05. The molecule has 0 aliphatic carbocycles. The van der Waals surface area contributed by atoms with Gasteiger partial charge in [0.05, 0.1) is 6.61 Å². The van der Waals surface area contributed by atoms with Crippen LogP contribution in [0.25, 0.3) is 0 Å². The van der Waals surface area contributed by atoms with Gasteiger partial charge >= 0.3 is 0 Å². The van der Waals surface area contributed by atoms with Gasteiger partial charge in [0.1, 0.15) is 0 Å². The van der Waals surface area contributed by atoms with E-state index in [1.165, 1.54) is 5.56 Å². The minimum atomic E-state index is -3.40. The molecular formula is C19H31N3O3S. The Morgan fingerprint density at radius 3 is 2.54 bits per heavy atom. The van der Waals surface area contributed by atoms with Crippen molar-refractivity contribution in [1.29, 1.82) is 0 Å². The molecule has 0 radical (unpaired) electrons. The standard InChI is InChI=1S/C19H31N3O3S/c1-25-16-19-8-5-11-22(19)26(23,24)20-14-17-9-12-21(13-10-17)15-18-6-3-2-4-7-18/h2-4,6-7,17,19-20H,5,8-16H2,1H3/t19-/m0/s1. The van der Waals surface area contributed by atoms with E-state index in [0.29, 0.717) is 25.6 Å². The van der Waals surface area contributed by atoms with Crippen LogP contribution in [0, 0.1) is 5.92 Å². The third-order valence-corrected chi connectivity index (χ3v) is 7.13. The van der Waals surface area contributed by atoms with Crippen molar-refractivity contribution in [2.45, 2.75) is 38.3 Å². The van der Waals surface area contributed by atoms with E-state index in [-0.39, 0.29) is 6.04 Å². The Balaban J connectivity index is 1.43. The zero-order chi connectivity index (χ0) is 18.4. The first-order valence-electron chi connectivity index (χ1n) is 9.60. The van der Waals surface area contributed by atoms with E-state index in [2.05, 4.69) is 33.9 Å². The number of nitrogens with zero attached hydrogens (tertiary/aromatic N) is 2. The summed E-state index contributed by atoms with van der Waals surface area (Å²) in [6.45, 7) is 4.63. The fourth-order valence-corrected chi connectivity index (χ4v) is 5.52. The first-order valence-corrected chi connectivity index (χ1v) is 11.0. The molecule has 26 heavy (non-hydrogen) atoms. The highest BCUT2D eigenvalue weighted by Gasteiger charge is 2.34. The van der Waals surface area contributed by atoms with E-state index in [4.69, 9.17) is 4.74 Å².